The number of carbonyl (C=O) groups excluding carboxylic acids is 1. The molecule has 3 rings (SSSR count). The average Bonchev–Trinajstić information content (AvgIpc) is 2.67. The lowest BCUT2D eigenvalue weighted by atomic mass is 9.99. The van der Waals surface area contributed by atoms with Crippen molar-refractivity contribution in [1.29, 1.82) is 0 Å². The molecule has 3 nitrogen and oxygen atoms in total. The maximum Gasteiger partial charge on any atom is 0.238 e. The zero-order valence-electron chi connectivity index (χ0n) is 15.2. The number of para-hydroxylation sites is 1. The van der Waals surface area contributed by atoms with Crippen LogP contribution in [-0.2, 0) is 4.79 Å². The molecule has 26 heavy (non-hydrogen) atoms. The second kappa shape index (κ2) is 8.45. The van der Waals surface area contributed by atoms with Gasteiger partial charge in [0, 0.05) is 5.69 Å². The smallest absolute Gasteiger partial charge is 0.238 e. The van der Waals surface area contributed by atoms with Gasteiger partial charge in [-0.05, 0) is 36.1 Å². The molecule has 0 aromatic heterocycles. The molecule has 0 aliphatic rings. The highest BCUT2D eigenvalue weighted by Crippen LogP contribution is 2.22. The maximum atomic E-state index is 12.5. The van der Waals surface area contributed by atoms with Gasteiger partial charge in [-0.1, -0.05) is 78.9 Å². The van der Waals surface area contributed by atoms with Crippen molar-refractivity contribution < 1.29 is 4.79 Å². The number of nitrogens with one attached hydrogen (secondary N) is 2. The van der Waals surface area contributed by atoms with Crippen LogP contribution in [0.25, 0.3) is 0 Å². The normalized spacial score (nSPS) is 10.7. The average molecular weight is 344 g/mol. The molecule has 3 heteroatoms. The van der Waals surface area contributed by atoms with Crippen LogP contribution in [0.3, 0.4) is 0 Å². The van der Waals surface area contributed by atoms with E-state index in [1.165, 1.54) is 0 Å². The van der Waals surface area contributed by atoms with Crippen LogP contribution in [0.1, 0.15) is 28.3 Å². The van der Waals surface area contributed by atoms with Gasteiger partial charge < -0.3 is 5.32 Å². The highest BCUT2D eigenvalue weighted by atomic mass is 16.1. The highest BCUT2D eigenvalue weighted by molar-refractivity contribution is 5.93. The van der Waals surface area contributed by atoms with Crippen LogP contribution in [0.15, 0.2) is 78.9 Å². The minimum absolute atomic E-state index is 0.0267. The summed E-state index contributed by atoms with van der Waals surface area (Å²) in [6, 6.07) is 26.4. The summed E-state index contributed by atoms with van der Waals surface area (Å²) in [5.41, 5.74) is 5.31. The Morgan fingerprint density at radius 1 is 0.769 bits per heavy atom. The first kappa shape index (κ1) is 17.9. The van der Waals surface area contributed by atoms with Gasteiger partial charge in [0.2, 0.25) is 5.91 Å². The molecule has 0 fully saturated rings. The van der Waals surface area contributed by atoms with E-state index in [-0.39, 0.29) is 18.5 Å². The van der Waals surface area contributed by atoms with E-state index in [1.807, 2.05) is 68.4 Å². The van der Waals surface area contributed by atoms with Crippen molar-refractivity contribution in [2.45, 2.75) is 19.9 Å². The molecule has 2 N–H and O–H groups in total. The lowest BCUT2D eigenvalue weighted by molar-refractivity contribution is -0.115. The molecule has 3 aromatic carbocycles. The lowest BCUT2D eigenvalue weighted by Gasteiger charge is -2.20. The Morgan fingerprint density at radius 2 is 1.27 bits per heavy atom. The first-order valence-electron chi connectivity index (χ1n) is 8.84. The van der Waals surface area contributed by atoms with Gasteiger partial charge in [-0.3, -0.25) is 10.1 Å². The molecule has 0 radical (unpaired) electrons. The van der Waals surface area contributed by atoms with Crippen LogP contribution >= 0.6 is 0 Å². The molecule has 0 heterocycles. The number of benzene rings is 3. The molecule has 0 unspecified atom stereocenters. The zero-order chi connectivity index (χ0) is 18.4. The van der Waals surface area contributed by atoms with Crippen molar-refractivity contribution >= 4 is 11.6 Å². The van der Waals surface area contributed by atoms with Crippen molar-refractivity contribution in [1.82, 2.24) is 5.32 Å². The third-order valence-electron chi connectivity index (χ3n) is 4.48. The standard InChI is InChI=1S/C23H24N2O/c1-17-10-9-11-18(2)22(17)25-21(26)16-24-23(19-12-5-3-6-13-19)20-14-7-4-8-15-20/h3-15,23-24H,16H2,1-2H3,(H,25,26). The SMILES string of the molecule is Cc1cccc(C)c1NC(=O)CNC(c1ccccc1)c1ccccc1. The molecule has 0 aliphatic carbocycles. The second-order valence-corrected chi connectivity index (χ2v) is 6.45. The van der Waals surface area contributed by atoms with Gasteiger partial charge in [0.05, 0.1) is 12.6 Å². The molecule has 0 saturated heterocycles. The van der Waals surface area contributed by atoms with Gasteiger partial charge in [0.15, 0.2) is 0 Å². The monoisotopic (exact) mass is 344 g/mol. The lowest BCUT2D eigenvalue weighted by Crippen LogP contribution is -2.32. The molecular weight excluding hydrogens is 320 g/mol. The van der Waals surface area contributed by atoms with Crippen molar-refractivity contribution in [3.63, 3.8) is 0 Å². The Morgan fingerprint density at radius 3 is 1.77 bits per heavy atom. The number of aryl methyl sites for hydroxylation is 2. The fourth-order valence-electron chi connectivity index (χ4n) is 3.11. The van der Waals surface area contributed by atoms with E-state index >= 15 is 0 Å². The quantitative estimate of drug-likeness (QED) is 0.685. The van der Waals surface area contributed by atoms with E-state index in [0.29, 0.717) is 0 Å². The van der Waals surface area contributed by atoms with Gasteiger partial charge in [0.25, 0.3) is 0 Å². The van der Waals surface area contributed by atoms with E-state index in [0.717, 1.165) is 27.9 Å². The van der Waals surface area contributed by atoms with Gasteiger partial charge in [-0.25, -0.2) is 0 Å². The summed E-state index contributed by atoms with van der Waals surface area (Å²) in [7, 11) is 0. The molecule has 132 valence electrons. The maximum absolute atomic E-state index is 12.5. The predicted octanol–water partition coefficient (Wildman–Crippen LogP) is 4.62. The fraction of sp³-hybridized carbons (Fsp3) is 0.174. The van der Waals surface area contributed by atoms with Crippen LogP contribution in [0.4, 0.5) is 5.69 Å². The van der Waals surface area contributed by atoms with Gasteiger partial charge in [-0.2, -0.15) is 0 Å². The second-order valence-electron chi connectivity index (χ2n) is 6.45. The number of hydrogen-bond acceptors (Lipinski definition) is 2. The summed E-state index contributed by atoms with van der Waals surface area (Å²) < 4.78 is 0. The largest absolute Gasteiger partial charge is 0.324 e. The third-order valence-corrected chi connectivity index (χ3v) is 4.48. The Bertz CT molecular complexity index is 800. The van der Waals surface area contributed by atoms with Crippen molar-refractivity contribution in [2.24, 2.45) is 0 Å². The molecule has 0 bridgehead atoms. The van der Waals surface area contributed by atoms with E-state index in [9.17, 15) is 4.79 Å². The van der Waals surface area contributed by atoms with Crippen LogP contribution in [0, 0.1) is 13.8 Å². The topological polar surface area (TPSA) is 41.1 Å². The fourth-order valence-corrected chi connectivity index (χ4v) is 3.11. The Kier molecular flexibility index (Phi) is 5.82. The van der Waals surface area contributed by atoms with Gasteiger partial charge >= 0.3 is 0 Å². The van der Waals surface area contributed by atoms with E-state index < -0.39 is 0 Å². The minimum atomic E-state index is -0.0423. The van der Waals surface area contributed by atoms with E-state index in [2.05, 4.69) is 34.9 Å². The molecule has 0 atom stereocenters. The zero-order valence-corrected chi connectivity index (χ0v) is 15.2. The number of carbonyl (C=O) groups is 1. The van der Waals surface area contributed by atoms with Crippen LogP contribution < -0.4 is 10.6 Å². The van der Waals surface area contributed by atoms with Crippen LogP contribution in [-0.4, -0.2) is 12.5 Å². The van der Waals surface area contributed by atoms with Crippen LogP contribution in [0.5, 0.6) is 0 Å². The van der Waals surface area contributed by atoms with Crippen LogP contribution in [0.2, 0.25) is 0 Å². The minimum Gasteiger partial charge on any atom is -0.324 e. The Hall–Kier alpha value is -2.91. The molecule has 0 saturated carbocycles. The Labute approximate surface area is 155 Å². The summed E-state index contributed by atoms with van der Waals surface area (Å²) in [6.07, 6.45) is 0. The van der Waals surface area contributed by atoms with E-state index in [4.69, 9.17) is 0 Å². The number of hydrogen-bond donors (Lipinski definition) is 2. The number of anilines is 1. The van der Waals surface area contributed by atoms with Crippen molar-refractivity contribution in [2.75, 3.05) is 11.9 Å². The summed E-state index contributed by atoms with van der Waals surface area (Å²) in [6.45, 7) is 4.25. The molecule has 3 aromatic rings. The summed E-state index contributed by atoms with van der Waals surface area (Å²) >= 11 is 0. The molecule has 1 amide bonds. The summed E-state index contributed by atoms with van der Waals surface area (Å²) in [5.74, 6) is -0.0423. The van der Waals surface area contributed by atoms with E-state index in [1.54, 1.807) is 0 Å². The predicted molar refractivity (Wildman–Crippen MR) is 107 cm³/mol. The van der Waals surface area contributed by atoms with Crippen molar-refractivity contribution in [3.05, 3.63) is 101 Å². The molecular formula is C23H24N2O. The number of rotatable bonds is 6. The number of amides is 1. The third kappa shape index (κ3) is 4.38. The molecule has 0 spiro atoms. The first-order chi connectivity index (χ1) is 12.6. The van der Waals surface area contributed by atoms with Gasteiger partial charge in [-0.15, -0.1) is 0 Å². The highest BCUT2D eigenvalue weighted by Gasteiger charge is 2.15. The van der Waals surface area contributed by atoms with Gasteiger partial charge in [0.1, 0.15) is 0 Å². The first-order valence-corrected chi connectivity index (χ1v) is 8.84. The van der Waals surface area contributed by atoms with Crippen molar-refractivity contribution in [3.8, 4) is 0 Å². The summed E-state index contributed by atoms with van der Waals surface area (Å²) in [4.78, 5) is 12.5. The Balaban J connectivity index is 1.73. The summed E-state index contributed by atoms with van der Waals surface area (Å²) in [5, 5.41) is 6.43. The molecule has 0 aliphatic heterocycles.